The summed E-state index contributed by atoms with van der Waals surface area (Å²) >= 11 is 0. The summed E-state index contributed by atoms with van der Waals surface area (Å²) in [4.78, 5) is 72.6. The Bertz CT molecular complexity index is 1840. The summed E-state index contributed by atoms with van der Waals surface area (Å²) in [5, 5.41) is 10.6. The maximum absolute atomic E-state index is 13.1. The monoisotopic (exact) mass is 1370 g/mol. The van der Waals surface area contributed by atoms with E-state index in [-0.39, 0.29) is 25.7 Å². The Labute approximate surface area is 568 Å². The minimum Gasteiger partial charge on any atom is -0.462 e. The minimum absolute atomic E-state index is 0.101. The molecule has 6 atom stereocenters. The molecule has 0 aliphatic heterocycles. The van der Waals surface area contributed by atoms with E-state index in [9.17, 15) is 43.2 Å². The molecule has 0 rings (SSSR count). The molecule has 0 saturated carbocycles. The van der Waals surface area contributed by atoms with Crippen LogP contribution in [0.25, 0.3) is 0 Å². The first-order chi connectivity index (χ1) is 44.6. The van der Waals surface area contributed by atoms with E-state index in [4.69, 9.17) is 37.0 Å². The fraction of sp³-hybridized carbons (Fsp3) is 0.946. The van der Waals surface area contributed by atoms with E-state index in [2.05, 4.69) is 55.4 Å². The summed E-state index contributed by atoms with van der Waals surface area (Å²) in [7, 11) is -9.90. The van der Waals surface area contributed by atoms with Crippen LogP contribution in [-0.2, 0) is 65.4 Å². The number of carbonyl (C=O) groups excluding carboxylic acids is 4. The highest BCUT2D eigenvalue weighted by molar-refractivity contribution is 7.47. The number of hydrogen-bond donors (Lipinski definition) is 3. The van der Waals surface area contributed by atoms with Crippen molar-refractivity contribution >= 4 is 39.5 Å². The number of hydrogen-bond acceptors (Lipinski definition) is 15. The van der Waals surface area contributed by atoms with Crippen LogP contribution in [-0.4, -0.2) is 96.7 Å². The fourth-order valence-corrected chi connectivity index (χ4v) is 12.7. The van der Waals surface area contributed by atoms with Gasteiger partial charge in [-0.1, -0.05) is 319 Å². The summed E-state index contributed by atoms with van der Waals surface area (Å²) in [5.74, 6) is 0.844. The fourth-order valence-electron chi connectivity index (χ4n) is 11.2. The molecule has 552 valence electrons. The van der Waals surface area contributed by atoms with Gasteiger partial charge < -0.3 is 33.8 Å². The van der Waals surface area contributed by atoms with Gasteiger partial charge in [-0.25, -0.2) is 9.13 Å². The minimum atomic E-state index is -4.96. The van der Waals surface area contributed by atoms with Gasteiger partial charge in [-0.15, -0.1) is 0 Å². The van der Waals surface area contributed by atoms with Crippen molar-refractivity contribution in [2.75, 3.05) is 39.6 Å². The summed E-state index contributed by atoms with van der Waals surface area (Å²) < 4.78 is 68.3. The Hall–Kier alpha value is -1.94. The number of rotatable bonds is 71. The molecule has 0 amide bonds. The molecule has 0 radical (unpaired) electrons. The summed E-state index contributed by atoms with van der Waals surface area (Å²) in [5.41, 5.74) is 0. The molecule has 0 aromatic carbocycles. The van der Waals surface area contributed by atoms with Crippen molar-refractivity contribution in [3.05, 3.63) is 0 Å². The van der Waals surface area contributed by atoms with Gasteiger partial charge in [0.1, 0.15) is 19.3 Å². The van der Waals surface area contributed by atoms with Crippen LogP contribution in [0.2, 0.25) is 0 Å². The molecule has 0 aliphatic rings. The van der Waals surface area contributed by atoms with Gasteiger partial charge in [0.05, 0.1) is 26.4 Å². The molecular weight excluding hydrogens is 1220 g/mol. The highest BCUT2D eigenvalue weighted by atomic mass is 31.2. The van der Waals surface area contributed by atoms with Crippen molar-refractivity contribution in [2.45, 2.75) is 388 Å². The molecule has 0 saturated heterocycles. The number of phosphoric acid groups is 2. The van der Waals surface area contributed by atoms with Crippen LogP contribution in [0.15, 0.2) is 0 Å². The third-order valence-electron chi connectivity index (χ3n) is 17.4. The Kier molecular flexibility index (Phi) is 62.2. The van der Waals surface area contributed by atoms with Crippen LogP contribution in [0.5, 0.6) is 0 Å². The zero-order chi connectivity index (χ0) is 68.9. The second kappa shape index (κ2) is 63.5. The van der Waals surface area contributed by atoms with Crippen LogP contribution in [0, 0.1) is 23.7 Å². The lowest BCUT2D eigenvalue weighted by Gasteiger charge is -2.21. The van der Waals surface area contributed by atoms with Crippen molar-refractivity contribution < 1.29 is 80.2 Å². The molecule has 0 spiro atoms. The number of phosphoric ester groups is 2. The molecule has 19 heteroatoms. The lowest BCUT2D eigenvalue weighted by atomic mass is 9.99. The van der Waals surface area contributed by atoms with Crippen molar-refractivity contribution in [3.63, 3.8) is 0 Å². The molecule has 0 heterocycles. The van der Waals surface area contributed by atoms with Crippen LogP contribution in [0.4, 0.5) is 0 Å². The molecule has 93 heavy (non-hydrogen) atoms. The number of aliphatic hydroxyl groups is 1. The zero-order valence-electron chi connectivity index (χ0n) is 60.9. The van der Waals surface area contributed by atoms with Gasteiger partial charge in [-0.3, -0.25) is 37.3 Å². The average Bonchev–Trinajstić information content (AvgIpc) is 2.60. The van der Waals surface area contributed by atoms with E-state index in [1.54, 1.807) is 0 Å². The summed E-state index contributed by atoms with van der Waals surface area (Å²) in [6, 6.07) is 0. The van der Waals surface area contributed by atoms with Crippen molar-refractivity contribution in [1.82, 2.24) is 0 Å². The predicted octanol–water partition coefficient (Wildman–Crippen LogP) is 21.3. The standard InChI is InChI=1S/C74H144O17P2/c1-9-67(8)53-45-37-27-23-20-21-25-29-40-48-56-73(78)90-69(60-84-71(76)54-46-38-28-24-19-17-15-13-11-10-12-14-16-18-22-26-34-42-50-64(2)3)62-88-92(80,81)86-58-68(75)59-87-93(82,83)89-63-70(91-74(79)57-49-41-33-31-36-44-52-66(6)7)61-85-72(77)55-47-39-32-30-35-43-51-65(4)5/h64-70,75H,9-63H2,1-8H3,(H,80,81)(H,82,83)/t67?,68-,69-,70-/m1/s1. The lowest BCUT2D eigenvalue weighted by molar-refractivity contribution is -0.161. The lowest BCUT2D eigenvalue weighted by Crippen LogP contribution is -2.30. The topological polar surface area (TPSA) is 237 Å². The molecule has 3 N–H and O–H groups in total. The Balaban J connectivity index is 5.16. The molecule has 0 aromatic rings. The normalized spacial score (nSPS) is 14.5. The molecular formula is C74H144O17P2. The first-order valence-corrected chi connectivity index (χ1v) is 41.2. The Morgan fingerprint density at radius 1 is 0.301 bits per heavy atom. The molecule has 0 bridgehead atoms. The summed E-state index contributed by atoms with van der Waals surface area (Å²) in [6.07, 6.45) is 47.7. The maximum Gasteiger partial charge on any atom is 0.472 e. The number of aliphatic hydroxyl groups excluding tert-OH is 1. The Morgan fingerprint density at radius 3 is 0.763 bits per heavy atom. The maximum atomic E-state index is 13.1. The van der Waals surface area contributed by atoms with Gasteiger partial charge in [-0.2, -0.15) is 0 Å². The van der Waals surface area contributed by atoms with Gasteiger partial charge in [0.2, 0.25) is 0 Å². The SMILES string of the molecule is CCC(C)CCCCCCCCCCCCC(=O)O[C@H](COC(=O)CCCCCCCCCCCCCCCCCCCCC(C)C)COP(=O)(O)OC[C@@H](O)COP(=O)(O)OC[C@@H](COC(=O)CCCCCCCCC(C)C)OC(=O)CCCCCCCCC(C)C. The van der Waals surface area contributed by atoms with Crippen LogP contribution >= 0.6 is 15.6 Å². The van der Waals surface area contributed by atoms with E-state index in [1.807, 2.05) is 0 Å². The van der Waals surface area contributed by atoms with E-state index in [1.165, 1.54) is 167 Å². The molecule has 0 aromatic heterocycles. The highest BCUT2D eigenvalue weighted by Crippen LogP contribution is 2.45. The van der Waals surface area contributed by atoms with Crippen molar-refractivity contribution in [2.24, 2.45) is 23.7 Å². The van der Waals surface area contributed by atoms with Gasteiger partial charge in [0.25, 0.3) is 0 Å². The first kappa shape index (κ1) is 91.1. The van der Waals surface area contributed by atoms with Crippen LogP contribution < -0.4 is 0 Å². The van der Waals surface area contributed by atoms with Gasteiger partial charge >= 0.3 is 39.5 Å². The second-order valence-corrected chi connectivity index (χ2v) is 31.3. The highest BCUT2D eigenvalue weighted by Gasteiger charge is 2.30. The van der Waals surface area contributed by atoms with Gasteiger partial charge in [-0.05, 0) is 49.4 Å². The molecule has 3 unspecified atom stereocenters. The first-order valence-electron chi connectivity index (χ1n) is 38.2. The second-order valence-electron chi connectivity index (χ2n) is 28.4. The zero-order valence-corrected chi connectivity index (χ0v) is 62.7. The molecule has 0 aliphatic carbocycles. The number of unbranched alkanes of at least 4 members (excludes halogenated alkanes) is 36. The van der Waals surface area contributed by atoms with Crippen molar-refractivity contribution in [3.8, 4) is 0 Å². The van der Waals surface area contributed by atoms with E-state index in [0.717, 1.165) is 108 Å². The number of ether oxygens (including phenoxy) is 4. The van der Waals surface area contributed by atoms with E-state index < -0.39 is 97.5 Å². The third kappa shape index (κ3) is 67.0. The summed E-state index contributed by atoms with van der Waals surface area (Å²) in [6.45, 7) is 14.1. The predicted molar refractivity (Wildman–Crippen MR) is 377 cm³/mol. The quantitative estimate of drug-likeness (QED) is 0.0222. The number of carbonyl (C=O) groups is 4. The smallest absolute Gasteiger partial charge is 0.462 e. The van der Waals surface area contributed by atoms with E-state index >= 15 is 0 Å². The largest absolute Gasteiger partial charge is 0.472 e. The van der Waals surface area contributed by atoms with Gasteiger partial charge in [0, 0.05) is 25.7 Å². The Morgan fingerprint density at radius 2 is 0.516 bits per heavy atom. The average molecular weight is 1370 g/mol. The van der Waals surface area contributed by atoms with Crippen LogP contribution in [0.3, 0.4) is 0 Å². The van der Waals surface area contributed by atoms with Crippen LogP contribution in [0.1, 0.15) is 370 Å². The molecule has 0 fully saturated rings. The molecule has 17 nitrogen and oxygen atoms in total. The van der Waals surface area contributed by atoms with Gasteiger partial charge in [0.15, 0.2) is 12.2 Å². The number of esters is 4. The third-order valence-corrected chi connectivity index (χ3v) is 19.3. The van der Waals surface area contributed by atoms with Crippen molar-refractivity contribution in [1.29, 1.82) is 0 Å². The van der Waals surface area contributed by atoms with E-state index in [0.29, 0.717) is 37.5 Å².